The van der Waals surface area contributed by atoms with Gasteiger partial charge in [0.2, 0.25) is 0 Å². The van der Waals surface area contributed by atoms with Crippen molar-refractivity contribution in [3.05, 3.63) is 34.6 Å². The lowest BCUT2D eigenvalue weighted by molar-refractivity contribution is 0.241. The van der Waals surface area contributed by atoms with Gasteiger partial charge in [0.1, 0.15) is 11.6 Å². The fourth-order valence-electron chi connectivity index (χ4n) is 1.57. The first-order valence-electron chi connectivity index (χ1n) is 5.71. The second-order valence-corrected chi connectivity index (χ2v) is 5.08. The molecule has 0 aliphatic rings. The molecule has 0 aromatic carbocycles. The summed E-state index contributed by atoms with van der Waals surface area (Å²) in [6, 6.07) is 3.38. The Kier molecular flexibility index (Phi) is 4.12. The number of hydrogen-bond acceptors (Lipinski definition) is 4. The largest absolute Gasteiger partial charge is 0.489 e. The first-order valence-corrected chi connectivity index (χ1v) is 6.46. The third-order valence-electron chi connectivity index (χ3n) is 2.31. The molecule has 0 unspecified atom stereocenters. The number of rotatable bonds is 3. The molecule has 6 heteroatoms. The summed E-state index contributed by atoms with van der Waals surface area (Å²) in [5, 5.41) is 0.749. The van der Waals surface area contributed by atoms with Gasteiger partial charge in [-0.15, -0.1) is 0 Å². The van der Waals surface area contributed by atoms with Gasteiger partial charge in [0.05, 0.1) is 28.0 Å². The van der Waals surface area contributed by atoms with Gasteiger partial charge >= 0.3 is 0 Å². The van der Waals surface area contributed by atoms with Gasteiger partial charge in [-0.3, -0.25) is 4.98 Å². The van der Waals surface area contributed by atoms with Crippen molar-refractivity contribution in [1.29, 1.82) is 0 Å². The smallest absolute Gasteiger partial charge is 0.143 e. The molecule has 0 atom stereocenters. The maximum atomic E-state index is 6.12. The monoisotopic (exact) mass is 297 g/mol. The van der Waals surface area contributed by atoms with Crippen LogP contribution in [0.25, 0.3) is 11.3 Å². The zero-order chi connectivity index (χ0) is 14.0. The number of halogens is 2. The maximum Gasteiger partial charge on any atom is 0.143 e. The standard InChI is InChI=1S/C13H13Cl2N3O/c1-7(2)19-9-3-8(5-17-6-9)12-10(14)4-11(15)13(16)18-12/h3-7H,1-2H3,(H2,16,18). The van der Waals surface area contributed by atoms with Gasteiger partial charge in [-0.05, 0) is 26.0 Å². The Labute approximate surface area is 121 Å². The third-order valence-corrected chi connectivity index (χ3v) is 2.91. The van der Waals surface area contributed by atoms with Crippen molar-refractivity contribution in [3.8, 4) is 17.0 Å². The number of nitrogens with zero attached hydrogens (tertiary/aromatic N) is 2. The van der Waals surface area contributed by atoms with Crippen LogP contribution in [0.3, 0.4) is 0 Å². The number of nitrogen functional groups attached to an aromatic ring is 1. The van der Waals surface area contributed by atoms with E-state index in [0.717, 1.165) is 5.56 Å². The van der Waals surface area contributed by atoms with Crippen molar-refractivity contribution < 1.29 is 4.74 Å². The Hall–Kier alpha value is -1.52. The molecule has 0 saturated carbocycles. The van der Waals surface area contributed by atoms with Crippen LogP contribution in [-0.2, 0) is 0 Å². The molecule has 4 nitrogen and oxygen atoms in total. The van der Waals surface area contributed by atoms with E-state index in [2.05, 4.69) is 9.97 Å². The number of nitrogens with two attached hydrogens (primary N) is 1. The first-order chi connectivity index (χ1) is 8.97. The number of anilines is 1. The van der Waals surface area contributed by atoms with Crippen LogP contribution in [0.5, 0.6) is 5.75 Å². The lowest BCUT2D eigenvalue weighted by atomic mass is 10.2. The maximum absolute atomic E-state index is 6.12. The van der Waals surface area contributed by atoms with Gasteiger partial charge in [0.25, 0.3) is 0 Å². The predicted molar refractivity (Wildman–Crippen MR) is 77.7 cm³/mol. The van der Waals surface area contributed by atoms with E-state index < -0.39 is 0 Å². The van der Waals surface area contributed by atoms with Crippen LogP contribution in [0.15, 0.2) is 24.5 Å². The van der Waals surface area contributed by atoms with Crippen molar-refractivity contribution in [3.63, 3.8) is 0 Å². The highest BCUT2D eigenvalue weighted by atomic mass is 35.5. The minimum absolute atomic E-state index is 0.0655. The van der Waals surface area contributed by atoms with Gasteiger partial charge in [0.15, 0.2) is 0 Å². The fourth-order valence-corrected chi connectivity index (χ4v) is 2.04. The van der Waals surface area contributed by atoms with Crippen molar-refractivity contribution in [1.82, 2.24) is 9.97 Å². The Morgan fingerprint density at radius 3 is 2.58 bits per heavy atom. The molecule has 0 fully saturated rings. The molecule has 2 aromatic rings. The molecule has 2 heterocycles. The molecule has 2 aromatic heterocycles. The average molecular weight is 298 g/mol. The Balaban J connectivity index is 2.44. The summed E-state index contributed by atoms with van der Waals surface area (Å²) < 4.78 is 5.58. The second kappa shape index (κ2) is 5.63. The fraction of sp³-hybridized carbons (Fsp3) is 0.231. The van der Waals surface area contributed by atoms with Crippen LogP contribution in [0.1, 0.15) is 13.8 Å². The third kappa shape index (κ3) is 3.28. The van der Waals surface area contributed by atoms with Crippen molar-refractivity contribution in [2.75, 3.05) is 5.73 Å². The van der Waals surface area contributed by atoms with E-state index in [0.29, 0.717) is 21.5 Å². The zero-order valence-electron chi connectivity index (χ0n) is 10.5. The predicted octanol–water partition coefficient (Wildman–Crippen LogP) is 3.82. The SMILES string of the molecule is CC(C)Oc1cncc(-c2nc(N)c(Cl)cc2Cl)c1. The Bertz CT molecular complexity index is 602. The number of pyridine rings is 2. The zero-order valence-corrected chi connectivity index (χ0v) is 12.0. The van der Waals surface area contributed by atoms with Crippen molar-refractivity contribution in [2.45, 2.75) is 20.0 Å². The molecule has 2 rings (SSSR count). The van der Waals surface area contributed by atoms with Gasteiger partial charge in [-0.25, -0.2) is 4.98 Å². The van der Waals surface area contributed by atoms with E-state index >= 15 is 0 Å². The topological polar surface area (TPSA) is 61.0 Å². The number of aromatic nitrogens is 2. The molecule has 100 valence electrons. The number of hydrogen-bond donors (Lipinski definition) is 1. The molecular formula is C13H13Cl2N3O. The summed E-state index contributed by atoms with van der Waals surface area (Å²) >= 11 is 12.0. The van der Waals surface area contributed by atoms with Gasteiger partial charge in [-0.1, -0.05) is 23.2 Å². The minimum Gasteiger partial charge on any atom is -0.489 e. The molecule has 0 radical (unpaired) electrons. The molecule has 0 bridgehead atoms. The van der Waals surface area contributed by atoms with Crippen LogP contribution in [-0.4, -0.2) is 16.1 Å². The summed E-state index contributed by atoms with van der Waals surface area (Å²) in [6.45, 7) is 3.89. The van der Waals surface area contributed by atoms with Crippen LogP contribution in [0.4, 0.5) is 5.82 Å². The van der Waals surface area contributed by atoms with Crippen molar-refractivity contribution >= 4 is 29.0 Å². The molecule has 0 saturated heterocycles. The van der Waals surface area contributed by atoms with E-state index in [-0.39, 0.29) is 11.9 Å². The molecule has 0 aliphatic carbocycles. The summed E-state index contributed by atoms with van der Waals surface area (Å²) in [4.78, 5) is 8.29. The van der Waals surface area contributed by atoms with Crippen LogP contribution < -0.4 is 10.5 Å². The molecular weight excluding hydrogens is 285 g/mol. The highest BCUT2D eigenvalue weighted by Gasteiger charge is 2.11. The highest BCUT2D eigenvalue weighted by Crippen LogP contribution is 2.32. The quantitative estimate of drug-likeness (QED) is 0.935. The highest BCUT2D eigenvalue weighted by molar-refractivity contribution is 6.37. The summed E-state index contributed by atoms with van der Waals surface area (Å²) in [5.41, 5.74) is 6.95. The normalized spacial score (nSPS) is 10.8. The van der Waals surface area contributed by atoms with E-state index in [1.807, 2.05) is 19.9 Å². The Morgan fingerprint density at radius 2 is 1.89 bits per heavy atom. The second-order valence-electron chi connectivity index (χ2n) is 4.26. The molecule has 0 amide bonds. The summed E-state index contributed by atoms with van der Waals surface area (Å²) in [6.07, 6.45) is 3.35. The molecule has 19 heavy (non-hydrogen) atoms. The molecule has 2 N–H and O–H groups in total. The van der Waals surface area contributed by atoms with Crippen molar-refractivity contribution in [2.24, 2.45) is 0 Å². The average Bonchev–Trinajstić information content (AvgIpc) is 2.33. The van der Waals surface area contributed by atoms with E-state index in [4.69, 9.17) is 33.7 Å². The summed E-state index contributed by atoms with van der Waals surface area (Å²) in [7, 11) is 0. The number of ether oxygens (including phenoxy) is 1. The van der Waals surface area contributed by atoms with Gasteiger partial charge < -0.3 is 10.5 Å². The van der Waals surface area contributed by atoms with Gasteiger partial charge in [0, 0.05) is 11.8 Å². The molecule has 0 aliphatic heterocycles. The minimum atomic E-state index is 0.0655. The van der Waals surface area contributed by atoms with Crippen LogP contribution in [0.2, 0.25) is 10.0 Å². The molecule has 0 spiro atoms. The van der Waals surface area contributed by atoms with E-state index in [9.17, 15) is 0 Å². The first kappa shape index (κ1) is 13.9. The lowest BCUT2D eigenvalue weighted by Gasteiger charge is -2.11. The van der Waals surface area contributed by atoms with Crippen LogP contribution >= 0.6 is 23.2 Å². The van der Waals surface area contributed by atoms with Crippen LogP contribution in [0, 0.1) is 0 Å². The lowest BCUT2D eigenvalue weighted by Crippen LogP contribution is -2.05. The van der Waals surface area contributed by atoms with E-state index in [1.165, 1.54) is 0 Å². The van der Waals surface area contributed by atoms with Gasteiger partial charge in [-0.2, -0.15) is 0 Å². The van der Waals surface area contributed by atoms with E-state index in [1.54, 1.807) is 18.5 Å². The summed E-state index contributed by atoms with van der Waals surface area (Å²) in [5.74, 6) is 0.884. The Morgan fingerprint density at radius 1 is 1.16 bits per heavy atom.